The lowest BCUT2D eigenvalue weighted by atomic mass is 10.2. The maximum Gasteiger partial charge on any atom is 0.307 e. The summed E-state index contributed by atoms with van der Waals surface area (Å²) in [4.78, 5) is 22.8. The number of benzene rings is 2. The third kappa shape index (κ3) is 5.44. The van der Waals surface area contributed by atoms with Gasteiger partial charge in [-0.2, -0.15) is 5.10 Å². The topological polar surface area (TPSA) is 116 Å². The predicted octanol–water partition coefficient (Wildman–Crippen LogP) is 5.44. The van der Waals surface area contributed by atoms with E-state index in [4.69, 9.17) is 13.9 Å². The third-order valence-corrected chi connectivity index (χ3v) is 5.26. The number of halogens is 1. The molecule has 0 fully saturated rings. The molecule has 0 bridgehead atoms. The maximum atomic E-state index is 12.4. The average molecular weight is 504 g/mol. The number of ether oxygens (including phenoxy) is 2. The van der Waals surface area contributed by atoms with Gasteiger partial charge in [0.2, 0.25) is 0 Å². The van der Waals surface area contributed by atoms with Crippen molar-refractivity contribution in [3.63, 3.8) is 0 Å². The molecule has 0 aliphatic carbocycles. The molecule has 1 atom stereocenters. The molecule has 0 aliphatic heterocycles. The Morgan fingerprint density at radius 1 is 1.28 bits per heavy atom. The van der Waals surface area contributed by atoms with Crippen molar-refractivity contribution in [2.45, 2.75) is 33.3 Å². The van der Waals surface area contributed by atoms with Gasteiger partial charge in [0.25, 0.3) is 5.69 Å². The van der Waals surface area contributed by atoms with Crippen LogP contribution in [0.25, 0.3) is 11.0 Å². The number of nitro benzene ring substituents is 1. The molecule has 0 unspecified atom stereocenters. The second kappa shape index (κ2) is 10.3. The summed E-state index contributed by atoms with van der Waals surface area (Å²) in [5, 5.41) is 15.3. The van der Waals surface area contributed by atoms with Crippen molar-refractivity contribution in [3.8, 4) is 11.5 Å². The Balaban J connectivity index is 1.76. The van der Waals surface area contributed by atoms with Crippen LogP contribution in [0.1, 0.15) is 43.3 Å². The van der Waals surface area contributed by atoms with E-state index in [0.717, 1.165) is 6.42 Å². The number of non-ortho nitro benzene ring substituents is 1. The summed E-state index contributed by atoms with van der Waals surface area (Å²) in [7, 11) is 0. The monoisotopic (exact) mass is 503 g/mol. The number of nitrogens with one attached hydrogen (secondary N) is 1. The molecule has 3 rings (SSSR count). The van der Waals surface area contributed by atoms with E-state index >= 15 is 0 Å². The Kier molecular flexibility index (Phi) is 7.47. The Hall–Kier alpha value is -3.40. The zero-order valence-electron chi connectivity index (χ0n) is 17.8. The van der Waals surface area contributed by atoms with Crippen LogP contribution >= 0.6 is 15.9 Å². The van der Waals surface area contributed by atoms with Gasteiger partial charge in [-0.1, -0.05) is 6.92 Å². The number of nitro groups is 1. The van der Waals surface area contributed by atoms with E-state index in [9.17, 15) is 14.9 Å². The Morgan fingerprint density at radius 3 is 2.75 bits per heavy atom. The number of rotatable bonds is 9. The summed E-state index contributed by atoms with van der Waals surface area (Å²) in [6, 6.07) is 9.09. The summed E-state index contributed by atoms with van der Waals surface area (Å²) in [5.74, 6) is 0.593. The number of hydrazone groups is 1. The van der Waals surface area contributed by atoms with E-state index in [-0.39, 0.29) is 17.6 Å². The fraction of sp³-hybridized carbons (Fsp3) is 0.273. The third-order valence-electron chi connectivity index (χ3n) is 4.57. The van der Waals surface area contributed by atoms with Crippen LogP contribution in [0.15, 0.2) is 50.4 Å². The largest absolute Gasteiger partial charge is 0.490 e. The molecular formula is C22H22BrN3O6. The van der Waals surface area contributed by atoms with Gasteiger partial charge in [0.05, 0.1) is 23.8 Å². The summed E-state index contributed by atoms with van der Waals surface area (Å²) >= 11 is 3.49. The van der Waals surface area contributed by atoms with Crippen molar-refractivity contribution in [3.05, 3.63) is 62.3 Å². The van der Waals surface area contributed by atoms with Crippen molar-refractivity contribution < 1.29 is 23.6 Å². The molecule has 1 heterocycles. The lowest BCUT2D eigenvalue weighted by Gasteiger charge is -2.17. The molecule has 1 N–H and O–H groups in total. The standard InChI is InChI=1S/C22H22BrN3O6/c1-4-13(3)31-20-11-17(23)15(10-19(20)30-5-2)12-24-25-22(27)21-9-14-8-16(26(28)29)6-7-18(14)32-21/h6-13H,4-5H2,1-3H3,(H,25,27)/b24-12+/t13-/m1/s1. The number of hydrogen-bond acceptors (Lipinski definition) is 7. The number of carbonyl (C=O) groups is 1. The lowest BCUT2D eigenvalue weighted by molar-refractivity contribution is -0.384. The zero-order valence-corrected chi connectivity index (χ0v) is 19.3. The second-order valence-electron chi connectivity index (χ2n) is 6.88. The first kappa shape index (κ1) is 23.3. The van der Waals surface area contributed by atoms with Crippen LogP contribution in [0, 0.1) is 10.1 Å². The van der Waals surface area contributed by atoms with E-state index in [1.165, 1.54) is 30.5 Å². The van der Waals surface area contributed by atoms with Gasteiger partial charge in [-0.3, -0.25) is 14.9 Å². The van der Waals surface area contributed by atoms with E-state index in [2.05, 4.69) is 26.5 Å². The van der Waals surface area contributed by atoms with Crippen molar-refractivity contribution in [1.82, 2.24) is 5.43 Å². The van der Waals surface area contributed by atoms with E-state index in [1.807, 2.05) is 20.8 Å². The molecule has 32 heavy (non-hydrogen) atoms. The van der Waals surface area contributed by atoms with Gasteiger partial charge in [-0.15, -0.1) is 0 Å². The van der Waals surface area contributed by atoms with Crippen molar-refractivity contribution >= 4 is 44.7 Å². The smallest absolute Gasteiger partial charge is 0.307 e. The van der Waals surface area contributed by atoms with Crippen LogP contribution in [0.5, 0.6) is 11.5 Å². The summed E-state index contributed by atoms with van der Waals surface area (Å²) in [6.45, 7) is 6.36. The van der Waals surface area contributed by atoms with Gasteiger partial charge in [-0.05, 0) is 60.5 Å². The van der Waals surface area contributed by atoms with Crippen LogP contribution < -0.4 is 14.9 Å². The van der Waals surface area contributed by atoms with E-state index < -0.39 is 10.8 Å². The van der Waals surface area contributed by atoms with E-state index in [0.29, 0.717) is 39.1 Å². The average Bonchev–Trinajstić information content (AvgIpc) is 3.20. The molecule has 1 amide bonds. The van der Waals surface area contributed by atoms with Crippen LogP contribution in [0.4, 0.5) is 5.69 Å². The minimum Gasteiger partial charge on any atom is -0.490 e. The number of fused-ring (bicyclic) bond motifs is 1. The van der Waals surface area contributed by atoms with Crippen LogP contribution in [-0.4, -0.2) is 29.8 Å². The molecular weight excluding hydrogens is 482 g/mol. The van der Waals surface area contributed by atoms with Crippen molar-refractivity contribution in [2.24, 2.45) is 5.10 Å². The first-order valence-electron chi connectivity index (χ1n) is 9.96. The highest BCUT2D eigenvalue weighted by Crippen LogP contribution is 2.34. The number of amides is 1. The minimum absolute atomic E-state index is 0.0102. The molecule has 168 valence electrons. The summed E-state index contributed by atoms with van der Waals surface area (Å²) in [5.41, 5.74) is 3.34. The summed E-state index contributed by atoms with van der Waals surface area (Å²) in [6.07, 6.45) is 2.35. The Morgan fingerprint density at radius 2 is 2.06 bits per heavy atom. The predicted molar refractivity (Wildman–Crippen MR) is 124 cm³/mol. The molecule has 0 aliphatic rings. The van der Waals surface area contributed by atoms with Crippen LogP contribution in [0.2, 0.25) is 0 Å². The molecule has 10 heteroatoms. The fourth-order valence-corrected chi connectivity index (χ4v) is 3.21. The zero-order chi connectivity index (χ0) is 23.3. The first-order valence-corrected chi connectivity index (χ1v) is 10.8. The van der Waals surface area contributed by atoms with Crippen molar-refractivity contribution in [2.75, 3.05) is 6.61 Å². The highest BCUT2D eigenvalue weighted by molar-refractivity contribution is 9.10. The normalized spacial score (nSPS) is 12.1. The Labute approximate surface area is 192 Å². The molecule has 0 radical (unpaired) electrons. The van der Waals surface area contributed by atoms with Crippen molar-refractivity contribution in [1.29, 1.82) is 0 Å². The number of furan rings is 1. The fourth-order valence-electron chi connectivity index (χ4n) is 2.78. The van der Waals surface area contributed by atoms with Gasteiger partial charge in [0, 0.05) is 27.6 Å². The molecule has 0 saturated heterocycles. The lowest BCUT2D eigenvalue weighted by Crippen LogP contribution is -2.16. The molecule has 9 nitrogen and oxygen atoms in total. The van der Waals surface area contributed by atoms with Gasteiger partial charge >= 0.3 is 5.91 Å². The second-order valence-corrected chi connectivity index (χ2v) is 7.73. The van der Waals surface area contributed by atoms with Gasteiger partial charge in [0.1, 0.15) is 5.58 Å². The SMILES string of the molecule is CCOc1cc(/C=N/NC(=O)c2cc3cc([N+](=O)[O-])ccc3o2)c(Br)cc1O[C@H](C)CC. The van der Waals surface area contributed by atoms with Gasteiger partial charge in [-0.25, -0.2) is 5.43 Å². The quantitative estimate of drug-likeness (QED) is 0.236. The maximum absolute atomic E-state index is 12.4. The van der Waals surface area contributed by atoms with Gasteiger partial charge < -0.3 is 13.9 Å². The molecule has 3 aromatic rings. The highest BCUT2D eigenvalue weighted by atomic mass is 79.9. The highest BCUT2D eigenvalue weighted by Gasteiger charge is 2.15. The molecule has 1 aromatic heterocycles. The Bertz CT molecular complexity index is 1170. The number of nitrogens with zero attached hydrogens (tertiary/aromatic N) is 2. The van der Waals surface area contributed by atoms with Gasteiger partial charge in [0.15, 0.2) is 17.3 Å². The number of carbonyl (C=O) groups excluding carboxylic acids is 1. The summed E-state index contributed by atoms with van der Waals surface area (Å²) < 4.78 is 17.8. The molecule has 2 aromatic carbocycles. The first-order chi connectivity index (χ1) is 15.3. The molecule has 0 spiro atoms. The molecule has 0 saturated carbocycles. The van der Waals surface area contributed by atoms with E-state index in [1.54, 1.807) is 12.1 Å². The van der Waals surface area contributed by atoms with Crippen LogP contribution in [-0.2, 0) is 0 Å². The van der Waals surface area contributed by atoms with Crippen LogP contribution in [0.3, 0.4) is 0 Å². The number of hydrogen-bond donors (Lipinski definition) is 1. The minimum atomic E-state index is -0.585.